The molecule has 8 heteroatoms. The highest BCUT2D eigenvalue weighted by atomic mass is 79.9. The predicted octanol–water partition coefficient (Wildman–Crippen LogP) is 5.24. The Morgan fingerprint density at radius 2 is 1.15 bits per heavy atom. The molecular weight excluding hydrogens is 491 g/mol. The molecule has 2 aromatic heterocycles. The fraction of sp³-hybridized carbons (Fsp3) is 0.308. The minimum atomic E-state index is -0.405. The molecule has 1 aliphatic heterocycles. The van der Waals surface area contributed by atoms with E-state index in [-0.39, 0.29) is 11.2 Å². The standard InChI is InChI=1S/C16H21BN2O2.C10H9BrN2/c1-15(2)16(3,4)21-17(20-15)14-13(11-18-19(14)5)12-9-7-6-8-10-12;1-13-10(11)9(7-12-13)8-5-3-2-4-6-8/h6-11H,1-5H3;2-7H,1H3. The van der Waals surface area contributed by atoms with Gasteiger partial charge in [0.1, 0.15) is 4.60 Å². The first-order valence-corrected chi connectivity index (χ1v) is 12.1. The average Bonchev–Trinajstić information content (AvgIpc) is 3.43. The first-order valence-electron chi connectivity index (χ1n) is 11.3. The van der Waals surface area contributed by atoms with Crippen molar-refractivity contribution in [1.29, 1.82) is 0 Å². The molecular formula is C26H30BBrN4O2. The molecule has 0 spiro atoms. The third-order valence-electron chi connectivity index (χ3n) is 6.50. The van der Waals surface area contributed by atoms with Crippen molar-refractivity contribution in [3.63, 3.8) is 0 Å². The van der Waals surface area contributed by atoms with Crippen LogP contribution in [-0.4, -0.2) is 37.9 Å². The summed E-state index contributed by atoms with van der Waals surface area (Å²) >= 11 is 3.49. The highest BCUT2D eigenvalue weighted by Crippen LogP contribution is 2.37. The number of hydrogen-bond donors (Lipinski definition) is 0. The van der Waals surface area contributed by atoms with Gasteiger partial charge < -0.3 is 9.31 Å². The Balaban J connectivity index is 0.000000180. The van der Waals surface area contributed by atoms with Crippen molar-refractivity contribution >= 4 is 28.6 Å². The molecule has 0 radical (unpaired) electrons. The van der Waals surface area contributed by atoms with Crippen LogP contribution in [0.1, 0.15) is 27.7 Å². The van der Waals surface area contributed by atoms with Gasteiger partial charge in [-0.2, -0.15) is 10.2 Å². The van der Waals surface area contributed by atoms with E-state index in [0.29, 0.717) is 0 Å². The fourth-order valence-electron chi connectivity index (χ4n) is 3.76. The number of aromatic nitrogens is 4. The lowest BCUT2D eigenvalue weighted by Gasteiger charge is -2.32. The molecule has 5 rings (SSSR count). The van der Waals surface area contributed by atoms with Gasteiger partial charge in [0, 0.05) is 25.2 Å². The summed E-state index contributed by atoms with van der Waals surface area (Å²) < 4.78 is 17.0. The highest BCUT2D eigenvalue weighted by Gasteiger charge is 2.53. The molecule has 176 valence electrons. The Bertz CT molecular complexity index is 1240. The van der Waals surface area contributed by atoms with Gasteiger partial charge in [0.25, 0.3) is 0 Å². The molecule has 0 aliphatic carbocycles. The Kier molecular flexibility index (Phi) is 6.85. The van der Waals surface area contributed by atoms with E-state index in [1.54, 1.807) is 0 Å². The zero-order valence-corrected chi connectivity index (χ0v) is 22.1. The Labute approximate surface area is 210 Å². The molecule has 0 saturated carbocycles. The van der Waals surface area contributed by atoms with Gasteiger partial charge in [-0.1, -0.05) is 60.7 Å². The summed E-state index contributed by atoms with van der Waals surface area (Å²) in [6.07, 6.45) is 3.73. The Morgan fingerprint density at radius 3 is 1.62 bits per heavy atom. The van der Waals surface area contributed by atoms with E-state index < -0.39 is 7.12 Å². The van der Waals surface area contributed by atoms with Gasteiger partial charge in [-0.3, -0.25) is 9.36 Å². The van der Waals surface area contributed by atoms with Crippen LogP contribution < -0.4 is 5.59 Å². The van der Waals surface area contributed by atoms with Gasteiger partial charge in [0.05, 0.1) is 29.2 Å². The minimum Gasteiger partial charge on any atom is -0.398 e. The molecule has 4 aromatic rings. The third kappa shape index (κ3) is 4.76. The maximum Gasteiger partial charge on any atom is 0.514 e. The number of halogens is 1. The van der Waals surface area contributed by atoms with Crippen molar-refractivity contribution in [1.82, 2.24) is 19.6 Å². The van der Waals surface area contributed by atoms with E-state index in [1.165, 1.54) is 5.56 Å². The van der Waals surface area contributed by atoms with Gasteiger partial charge in [-0.15, -0.1) is 0 Å². The molecule has 0 amide bonds. The number of aryl methyl sites for hydroxylation is 2. The van der Waals surface area contributed by atoms with E-state index in [0.717, 1.165) is 26.9 Å². The van der Waals surface area contributed by atoms with Crippen LogP contribution in [0.3, 0.4) is 0 Å². The van der Waals surface area contributed by atoms with Crippen LogP contribution in [0.25, 0.3) is 22.3 Å². The van der Waals surface area contributed by atoms with Crippen LogP contribution in [0.2, 0.25) is 0 Å². The SMILES string of the molecule is Cn1ncc(-c2ccccc2)c1B1OC(C)(C)C(C)(C)O1.Cn1ncc(-c2ccccc2)c1Br. The second-order valence-electron chi connectivity index (χ2n) is 9.36. The van der Waals surface area contributed by atoms with Crippen LogP contribution in [0.4, 0.5) is 0 Å². The van der Waals surface area contributed by atoms with E-state index in [9.17, 15) is 0 Å². The maximum absolute atomic E-state index is 6.17. The van der Waals surface area contributed by atoms with Crippen molar-refractivity contribution in [2.24, 2.45) is 14.1 Å². The van der Waals surface area contributed by atoms with Crippen molar-refractivity contribution in [3.05, 3.63) is 77.7 Å². The number of hydrogen-bond acceptors (Lipinski definition) is 4. The monoisotopic (exact) mass is 520 g/mol. The second-order valence-corrected chi connectivity index (χ2v) is 10.1. The summed E-state index contributed by atoms with van der Waals surface area (Å²) in [6, 6.07) is 20.4. The van der Waals surface area contributed by atoms with Crippen LogP contribution in [0.15, 0.2) is 77.7 Å². The summed E-state index contributed by atoms with van der Waals surface area (Å²) in [4.78, 5) is 0. The van der Waals surface area contributed by atoms with E-state index in [4.69, 9.17) is 9.31 Å². The first kappa shape index (κ1) is 24.4. The smallest absolute Gasteiger partial charge is 0.398 e. The largest absolute Gasteiger partial charge is 0.514 e. The molecule has 1 aliphatic rings. The fourth-order valence-corrected chi connectivity index (χ4v) is 4.18. The van der Waals surface area contributed by atoms with E-state index in [1.807, 2.05) is 72.3 Å². The summed E-state index contributed by atoms with van der Waals surface area (Å²) in [5.41, 5.74) is 4.74. The summed E-state index contributed by atoms with van der Waals surface area (Å²) in [5.74, 6) is 0. The molecule has 0 atom stereocenters. The van der Waals surface area contributed by atoms with Crippen LogP contribution in [0, 0.1) is 0 Å². The average molecular weight is 521 g/mol. The number of nitrogens with zero attached hydrogens (tertiary/aromatic N) is 4. The predicted molar refractivity (Wildman–Crippen MR) is 141 cm³/mol. The van der Waals surface area contributed by atoms with Crippen molar-refractivity contribution in [3.8, 4) is 22.3 Å². The van der Waals surface area contributed by atoms with Gasteiger partial charge >= 0.3 is 7.12 Å². The lowest BCUT2D eigenvalue weighted by atomic mass is 9.80. The molecule has 1 saturated heterocycles. The lowest BCUT2D eigenvalue weighted by Crippen LogP contribution is -2.41. The number of rotatable bonds is 3. The zero-order valence-electron chi connectivity index (χ0n) is 20.5. The molecule has 1 fully saturated rings. The Hall–Kier alpha value is -2.68. The van der Waals surface area contributed by atoms with Gasteiger partial charge in [0.2, 0.25) is 0 Å². The Morgan fingerprint density at radius 1 is 0.706 bits per heavy atom. The molecule has 3 heterocycles. The quantitative estimate of drug-likeness (QED) is 0.347. The summed E-state index contributed by atoms with van der Waals surface area (Å²) in [7, 11) is 3.43. The van der Waals surface area contributed by atoms with E-state index >= 15 is 0 Å². The van der Waals surface area contributed by atoms with Gasteiger partial charge in [-0.25, -0.2) is 0 Å². The molecule has 2 aromatic carbocycles. The van der Waals surface area contributed by atoms with Crippen molar-refractivity contribution < 1.29 is 9.31 Å². The van der Waals surface area contributed by atoms with Gasteiger partial charge in [-0.05, 0) is 54.8 Å². The normalized spacial score (nSPS) is 16.3. The highest BCUT2D eigenvalue weighted by molar-refractivity contribution is 9.10. The van der Waals surface area contributed by atoms with Crippen LogP contribution >= 0.6 is 15.9 Å². The molecule has 0 N–H and O–H groups in total. The number of benzene rings is 2. The summed E-state index contributed by atoms with van der Waals surface area (Å²) in [6.45, 7) is 8.24. The molecule has 6 nitrogen and oxygen atoms in total. The topological polar surface area (TPSA) is 54.1 Å². The zero-order chi connectivity index (χ0) is 24.5. The maximum atomic E-state index is 6.17. The van der Waals surface area contributed by atoms with E-state index in [2.05, 4.69) is 78.1 Å². The van der Waals surface area contributed by atoms with Crippen LogP contribution in [0.5, 0.6) is 0 Å². The molecule has 0 unspecified atom stereocenters. The second kappa shape index (κ2) is 9.52. The lowest BCUT2D eigenvalue weighted by molar-refractivity contribution is 0.00578. The van der Waals surface area contributed by atoms with Gasteiger partial charge in [0.15, 0.2) is 0 Å². The van der Waals surface area contributed by atoms with Crippen LogP contribution in [-0.2, 0) is 23.4 Å². The molecule has 34 heavy (non-hydrogen) atoms. The van der Waals surface area contributed by atoms with Crippen molar-refractivity contribution in [2.75, 3.05) is 0 Å². The third-order valence-corrected chi connectivity index (χ3v) is 7.44. The summed E-state index contributed by atoms with van der Waals surface area (Å²) in [5, 5.41) is 8.55. The first-order chi connectivity index (χ1) is 16.1. The molecule has 0 bridgehead atoms. The van der Waals surface area contributed by atoms with Crippen molar-refractivity contribution in [2.45, 2.75) is 38.9 Å². The minimum absolute atomic E-state index is 0.351.